The largest absolute Gasteiger partial charge is 0.329 e. The third kappa shape index (κ3) is 4.40. The van der Waals surface area contributed by atoms with E-state index in [4.69, 9.17) is 5.73 Å². The molecule has 0 saturated carbocycles. The van der Waals surface area contributed by atoms with Gasteiger partial charge in [0.2, 0.25) is 0 Å². The topological polar surface area (TPSA) is 38.0 Å². The van der Waals surface area contributed by atoms with Crippen LogP contribution in [0.3, 0.4) is 0 Å². The summed E-state index contributed by atoms with van der Waals surface area (Å²) in [4.78, 5) is 0. The van der Waals surface area contributed by atoms with Gasteiger partial charge in [-0.1, -0.05) is 13.8 Å². The lowest BCUT2D eigenvalue weighted by atomic mass is 10.0. The summed E-state index contributed by atoms with van der Waals surface area (Å²) in [6, 6.07) is 3.74. The molecule has 4 heteroatoms. The molecular formula is C13H20F2N2. The van der Waals surface area contributed by atoms with Gasteiger partial charge in [0, 0.05) is 12.6 Å². The number of rotatable bonds is 6. The van der Waals surface area contributed by atoms with Gasteiger partial charge in [-0.25, -0.2) is 8.78 Å². The summed E-state index contributed by atoms with van der Waals surface area (Å²) in [7, 11) is 0. The Balaban J connectivity index is 2.47. The first-order chi connectivity index (χ1) is 8.04. The van der Waals surface area contributed by atoms with Gasteiger partial charge in [0.25, 0.3) is 0 Å². The van der Waals surface area contributed by atoms with E-state index in [1.807, 2.05) is 0 Å². The highest BCUT2D eigenvalue weighted by molar-refractivity contribution is 5.19. The summed E-state index contributed by atoms with van der Waals surface area (Å²) in [6.45, 7) is 5.30. The predicted octanol–water partition coefficient (Wildman–Crippen LogP) is 2.08. The van der Waals surface area contributed by atoms with Crippen LogP contribution in [0.2, 0.25) is 0 Å². The second-order valence-electron chi connectivity index (χ2n) is 4.53. The van der Waals surface area contributed by atoms with Crippen molar-refractivity contribution in [2.75, 3.05) is 13.1 Å². The molecule has 1 aromatic rings. The van der Waals surface area contributed by atoms with Crippen LogP contribution in [-0.4, -0.2) is 19.1 Å². The molecule has 0 fully saturated rings. The van der Waals surface area contributed by atoms with Crippen LogP contribution < -0.4 is 11.1 Å². The van der Waals surface area contributed by atoms with E-state index in [1.165, 1.54) is 6.07 Å². The van der Waals surface area contributed by atoms with Crippen LogP contribution >= 0.6 is 0 Å². The fourth-order valence-electron chi connectivity index (χ4n) is 1.72. The number of hydrogen-bond acceptors (Lipinski definition) is 2. The first-order valence-electron chi connectivity index (χ1n) is 5.92. The molecule has 0 aliphatic rings. The highest BCUT2D eigenvalue weighted by Crippen LogP contribution is 2.10. The lowest BCUT2D eigenvalue weighted by Gasteiger charge is -2.20. The monoisotopic (exact) mass is 242 g/mol. The maximum Gasteiger partial charge on any atom is 0.126 e. The van der Waals surface area contributed by atoms with Crippen LogP contribution in [-0.2, 0) is 6.42 Å². The summed E-state index contributed by atoms with van der Waals surface area (Å²) < 4.78 is 26.2. The van der Waals surface area contributed by atoms with Gasteiger partial charge in [-0.05, 0) is 42.6 Å². The molecule has 0 aliphatic heterocycles. The molecule has 1 aromatic carbocycles. The Morgan fingerprint density at radius 2 is 2.00 bits per heavy atom. The lowest BCUT2D eigenvalue weighted by Crippen LogP contribution is -2.41. The van der Waals surface area contributed by atoms with E-state index in [9.17, 15) is 8.78 Å². The molecule has 0 spiro atoms. The average molecular weight is 242 g/mol. The molecule has 0 heterocycles. The van der Waals surface area contributed by atoms with E-state index in [-0.39, 0.29) is 11.9 Å². The Hall–Kier alpha value is -1.00. The average Bonchev–Trinajstić information content (AvgIpc) is 2.28. The Bertz CT molecular complexity index is 353. The fourth-order valence-corrected chi connectivity index (χ4v) is 1.72. The van der Waals surface area contributed by atoms with Gasteiger partial charge in [0.05, 0.1) is 0 Å². The summed E-state index contributed by atoms with van der Waals surface area (Å²) in [5, 5.41) is 3.25. The van der Waals surface area contributed by atoms with Crippen LogP contribution in [0.5, 0.6) is 0 Å². The van der Waals surface area contributed by atoms with E-state index in [0.29, 0.717) is 31.0 Å². The van der Waals surface area contributed by atoms with Gasteiger partial charge < -0.3 is 11.1 Å². The van der Waals surface area contributed by atoms with Gasteiger partial charge in [-0.15, -0.1) is 0 Å². The molecule has 2 nitrogen and oxygen atoms in total. The molecule has 1 unspecified atom stereocenters. The van der Waals surface area contributed by atoms with E-state index < -0.39 is 5.82 Å². The third-order valence-corrected chi connectivity index (χ3v) is 2.87. The molecule has 1 rings (SSSR count). The Morgan fingerprint density at radius 1 is 1.29 bits per heavy atom. The predicted molar refractivity (Wildman–Crippen MR) is 65.7 cm³/mol. The van der Waals surface area contributed by atoms with Crippen molar-refractivity contribution in [1.29, 1.82) is 0 Å². The maximum absolute atomic E-state index is 13.3. The number of benzene rings is 1. The van der Waals surface area contributed by atoms with Crippen LogP contribution in [0.15, 0.2) is 18.2 Å². The summed E-state index contributed by atoms with van der Waals surface area (Å²) in [6.07, 6.45) is 0.465. The SMILES string of the molecule is CC(C)C(CN)NCCc1cc(F)ccc1F. The zero-order valence-electron chi connectivity index (χ0n) is 10.3. The van der Waals surface area contributed by atoms with Crippen molar-refractivity contribution in [3.05, 3.63) is 35.4 Å². The Morgan fingerprint density at radius 3 is 2.59 bits per heavy atom. The van der Waals surface area contributed by atoms with E-state index in [2.05, 4.69) is 19.2 Å². The summed E-state index contributed by atoms with van der Waals surface area (Å²) in [5.41, 5.74) is 6.01. The normalized spacial score (nSPS) is 13.1. The quantitative estimate of drug-likeness (QED) is 0.801. The van der Waals surface area contributed by atoms with Crippen LogP contribution in [0.25, 0.3) is 0 Å². The molecule has 0 aliphatic carbocycles. The molecule has 3 N–H and O–H groups in total. The molecular weight excluding hydrogens is 222 g/mol. The minimum Gasteiger partial charge on any atom is -0.329 e. The molecule has 0 aromatic heterocycles. The second-order valence-corrected chi connectivity index (χ2v) is 4.53. The molecule has 0 saturated heterocycles. The van der Waals surface area contributed by atoms with Crippen molar-refractivity contribution in [3.63, 3.8) is 0 Å². The van der Waals surface area contributed by atoms with Crippen LogP contribution in [0.4, 0.5) is 8.78 Å². The summed E-state index contributed by atoms with van der Waals surface area (Å²) >= 11 is 0. The summed E-state index contributed by atoms with van der Waals surface area (Å²) in [5.74, 6) is -0.333. The molecule has 0 amide bonds. The first-order valence-corrected chi connectivity index (χ1v) is 5.92. The molecule has 96 valence electrons. The van der Waals surface area contributed by atoms with E-state index in [0.717, 1.165) is 12.1 Å². The van der Waals surface area contributed by atoms with Gasteiger partial charge >= 0.3 is 0 Å². The van der Waals surface area contributed by atoms with Gasteiger partial charge in [0.1, 0.15) is 11.6 Å². The molecule has 1 atom stereocenters. The number of nitrogens with one attached hydrogen (secondary N) is 1. The van der Waals surface area contributed by atoms with Crippen LogP contribution in [0, 0.1) is 17.6 Å². The zero-order valence-corrected chi connectivity index (χ0v) is 10.3. The van der Waals surface area contributed by atoms with Crippen molar-refractivity contribution in [2.45, 2.75) is 26.3 Å². The maximum atomic E-state index is 13.3. The molecule has 0 bridgehead atoms. The number of nitrogens with two attached hydrogens (primary N) is 1. The Labute approximate surface area is 101 Å². The van der Waals surface area contributed by atoms with E-state index in [1.54, 1.807) is 0 Å². The zero-order chi connectivity index (χ0) is 12.8. The van der Waals surface area contributed by atoms with Crippen molar-refractivity contribution in [2.24, 2.45) is 11.7 Å². The van der Waals surface area contributed by atoms with Crippen molar-refractivity contribution < 1.29 is 8.78 Å². The van der Waals surface area contributed by atoms with Gasteiger partial charge in [0.15, 0.2) is 0 Å². The standard InChI is InChI=1S/C13H20F2N2/c1-9(2)13(8-16)17-6-5-10-7-11(14)3-4-12(10)15/h3-4,7,9,13,17H,5-6,8,16H2,1-2H3. The van der Waals surface area contributed by atoms with Crippen molar-refractivity contribution in [3.8, 4) is 0 Å². The Kier molecular flexibility index (Phi) is 5.51. The van der Waals surface area contributed by atoms with Crippen LogP contribution in [0.1, 0.15) is 19.4 Å². The van der Waals surface area contributed by atoms with Crippen molar-refractivity contribution in [1.82, 2.24) is 5.32 Å². The number of hydrogen-bond donors (Lipinski definition) is 2. The van der Waals surface area contributed by atoms with E-state index >= 15 is 0 Å². The van der Waals surface area contributed by atoms with Gasteiger partial charge in [-0.3, -0.25) is 0 Å². The number of halogens is 2. The smallest absolute Gasteiger partial charge is 0.126 e. The molecule has 17 heavy (non-hydrogen) atoms. The minimum atomic E-state index is -0.402. The minimum absolute atomic E-state index is 0.214. The molecule has 0 radical (unpaired) electrons. The first kappa shape index (κ1) is 14.1. The highest BCUT2D eigenvalue weighted by Gasteiger charge is 2.10. The second kappa shape index (κ2) is 6.67. The third-order valence-electron chi connectivity index (χ3n) is 2.87. The van der Waals surface area contributed by atoms with Gasteiger partial charge in [-0.2, -0.15) is 0 Å². The van der Waals surface area contributed by atoms with Crippen molar-refractivity contribution >= 4 is 0 Å². The lowest BCUT2D eigenvalue weighted by molar-refractivity contribution is 0.407. The highest BCUT2D eigenvalue weighted by atomic mass is 19.1. The fraction of sp³-hybridized carbons (Fsp3) is 0.538.